The molecule has 1 aromatic rings. The molecule has 1 atom stereocenters. The highest BCUT2D eigenvalue weighted by molar-refractivity contribution is 6.30. The fourth-order valence-corrected chi connectivity index (χ4v) is 1.86. The van der Waals surface area contributed by atoms with Crippen LogP contribution >= 0.6 is 11.6 Å². The molecule has 0 aliphatic carbocycles. The lowest BCUT2D eigenvalue weighted by Gasteiger charge is -2.22. The van der Waals surface area contributed by atoms with Crippen molar-refractivity contribution in [2.75, 3.05) is 0 Å². The van der Waals surface area contributed by atoms with Crippen LogP contribution < -0.4 is 0 Å². The summed E-state index contributed by atoms with van der Waals surface area (Å²) in [5.74, 6) is -0.797. The van der Waals surface area contributed by atoms with E-state index in [0.29, 0.717) is 18.0 Å². The monoisotopic (exact) mass is 244 g/mol. The lowest BCUT2D eigenvalue weighted by Crippen LogP contribution is -2.29. The number of carboxylic acids is 1. The Balaban J connectivity index is 3.08. The number of hydrogen-bond acceptors (Lipinski definition) is 2. The first kappa shape index (κ1) is 13.0. The largest absolute Gasteiger partial charge is 0.481 e. The average Bonchev–Trinajstić information content (AvgIpc) is 2.44. The summed E-state index contributed by atoms with van der Waals surface area (Å²) >= 11 is 6.09. The molecule has 5 heteroatoms. The van der Waals surface area contributed by atoms with E-state index in [0.717, 1.165) is 11.3 Å². The number of rotatable bonds is 4. The van der Waals surface area contributed by atoms with Gasteiger partial charge in [-0.2, -0.15) is 5.10 Å². The Morgan fingerprint density at radius 1 is 1.62 bits per heavy atom. The number of aromatic nitrogens is 2. The highest BCUT2D eigenvalue weighted by Crippen LogP contribution is 2.31. The van der Waals surface area contributed by atoms with Crippen molar-refractivity contribution in [3.8, 4) is 0 Å². The molecule has 0 bridgehead atoms. The van der Waals surface area contributed by atoms with Gasteiger partial charge >= 0.3 is 5.97 Å². The molecule has 1 aromatic heterocycles. The Hall–Kier alpha value is -1.03. The molecule has 1 heterocycles. The van der Waals surface area contributed by atoms with Gasteiger partial charge in [-0.3, -0.25) is 9.48 Å². The van der Waals surface area contributed by atoms with E-state index in [4.69, 9.17) is 11.6 Å². The van der Waals surface area contributed by atoms with Crippen LogP contribution in [0.4, 0.5) is 0 Å². The quantitative estimate of drug-likeness (QED) is 0.885. The van der Waals surface area contributed by atoms with E-state index < -0.39 is 11.4 Å². The topological polar surface area (TPSA) is 55.1 Å². The third-order valence-electron chi connectivity index (χ3n) is 3.13. The van der Waals surface area contributed by atoms with Crippen LogP contribution in [0, 0.1) is 12.3 Å². The number of carboxylic acid groups (broad SMARTS) is 1. The first-order valence-electron chi connectivity index (χ1n) is 5.23. The van der Waals surface area contributed by atoms with Crippen molar-refractivity contribution in [1.29, 1.82) is 0 Å². The highest BCUT2D eigenvalue weighted by Gasteiger charge is 2.33. The van der Waals surface area contributed by atoms with Crippen molar-refractivity contribution in [3.05, 3.63) is 16.4 Å². The van der Waals surface area contributed by atoms with E-state index in [9.17, 15) is 9.90 Å². The second-order valence-electron chi connectivity index (χ2n) is 4.37. The normalized spacial score (nSPS) is 14.8. The van der Waals surface area contributed by atoms with Crippen molar-refractivity contribution in [2.24, 2.45) is 12.5 Å². The van der Waals surface area contributed by atoms with Gasteiger partial charge in [0.15, 0.2) is 0 Å². The number of aryl methyl sites for hydroxylation is 2. The summed E-state index contributed by atoms with van der Waals surface area (Å²) in [4.78, 5) is 11.2. The number of halogens is 1. The maximum atomic E-state index is 11.2. The lowest BCUT2D eigenvalue weighted by atomic mass is 9.81. The molecule has 0 saturated heterocycles. The molecular formula is C11H17ClN2O2. The summed E-state index contributed by atoms with van der Waals surface area (Å²) in [5, 5.41) is 13.9. The van der Waals surface area contributed by atoms with E-state index in [1.807, 2.05) is 13.8 Å². The second kappa shape index (κ2) is 4.45. The molecular weight excluding hydrogens is 228 g/mol. The van der Waals surface area contributed by atoms with Crippen LogP contribution in [0.15, 0.2) is 0 Å². The Labute approximate surface area is 100 Å². The minimum absolute atomic E-state index is 0.414. The summed E-state index contributed by atoms with van der Waals surface area (Å²) in [6.45, 7) is 5.45. The minimum Gasteiger partial charge on any atom is -0.481 e. The average molecular weight is 245 g/mol. The van der Waals surface area contributed by atoms with Crippen LogP contribution in [0.2, 0.25) is 5.15 Å². The molecule has 16 heavy (non-hydrogen) atoms. The zero-order valence-corrected chi connectivity index (χ0v) is 10.8. The van der Waals surface area contributed by atoms with Crippen LogP contribution in [0.3, 0.4) is 0 Å². The van der Waals surface area contributed by atoms with Crippen molar-refractivity contribution < 1.29 is 9.90 Å². The van der Waals surface area contributed by atoms with Crippen molar-refractivity contribution in [3.63, 3.8) is 0 Å². The lowest BCUT2D eigenvalue weighted by molar-refractivity contribution is -0.148. The molecule has 1 unspecified atom stereocenters. The van der Waals surface area contributed by atoms with Crippen LogP contribution in [-0.4, -0.2) is 20.9 Å². The predicted octanol–water partition coefficient (Wildman–Crippen LogP) is 2.43. The zero-order chi connectivity index (χ0) is 12.5. The Kier molecular flexibility index (Phi) is 3.63. The van der Waals surface area contributed by atoms with Gasteiger partial charge in [-0.05, 0) is 26.7 Å². The molecule has 90 valence electrons. The van der Waals surface area contributed by atoms with E-state index in [1.165, 1.54) is 0 Å². The van der Waals surface area contributed by atoms with Gasteiger partial charge in [0.1, 0.15) is 5.15 Å². The van der Waals surface area contributed by atoms with Crippen LogP contribution in [0.1, 0.15) is 31.5 Å². The van der Waals surface area contributed by atoms with Gasteiger partial charge in [0, 0.05) is 12.6 Å². The molecule has 0 fully saturated rings. The van der Waals surface area contributed by atoms with Gasteiger partial charge in [-0.1, -0.05) is 18.5 Å². The summed E-state index contributed by atoms with van der Waals surface area (Å²) in [7, 11) is 1.75. The smallest absolute Gasteiger partial charge is 0.309 e. The van der Waals surface area contributed by atoms with Crippen LogP contribution in [-0.2, 0) is 18.3 Å². The third kappa shape index (κ3) is 2.21. The van der Waals surface area contributed by atoms with E-state index >= 15 is 0 Å². The van der Waals surface area contributed by atoms with Gasteiger partial charge < -0.3 is 5.11 Å². The first-order chi connectivity index (χ1) is 7.31. The van der Waals surface area contributed by atoms with Crippen LogP contribution in [0.25, 0.3) is 0 Å². The molecule has 1 rings (SSSR count). The molecule has 0 aliphatic heterocycles. The summed E-state index contributed by atoms with van der Waals surface area (Å²) < 4.78 is 1.57. The van der Waals surface area contributed by atoms with Crippen LogP contribution in [0.5, 0.6) is 0 Å². The molecule has 0 radical (unpaired) electrons. The third-order valence-corrected chi connectivity index (χ3v) is 3.61. The molecule has 0 amide bonds. The van der Waals surface area contributed by atoms with Gasteiger partial charge in [-0.15, -0.1) is 0 Å². The molecule has 0 aliphatic rings. The first-order valence-corrected chi connectivity index (χ1v) is 5.61. The number of hydrogen-bond donors (Lipinski definition) is 1. The molecule has 4 nitrogen and oxygen atoms in total. The fraction of sp³-hybridized carbons (Fsp3) is 0.636. The number of carbonyl (C=O) groups is 1. The summed E-state index contributed by atoms with van der Waals surface area (Å²) in [6, 6.07) is 0. The van der Waals surface area contributed by atoms with E-state index in [-0.39, 0.29) is 0 Å². The number of aliphatic carboxylic acids is 1. The van der Waals surface area contributed by atoms with Gasteiger partial charge in [0.05, 0.1) is 11.1 Å². The summed E-state index contributed by atoms with van der Waals surface area (Å²) in [6.07, 6.45) is 0.977. The highest BCUT2D eigenvalue weighted by atomic mass is 35.5. The molecule has 0 spiro atoms. The SMILES string of the molecule is CCC(C)(Cc1c(C)nn(C)c1Cl)C(=O)O. The van der Waals surface area contributed by atoms with Crippen molar-refractivity contribution in [2.45, 2.75) is 33.6 Å². The minimum atomic E-state index is -0.797. The Bertz CT molecular complexity index is 414. The molecule has 0 saturated carbocycles. The fourth-order valence-electron chi connectivity index (χ4n) is 1.62. The van der Waals surface area contributed by atoms with Gasteiger partial charge in [-0.25, -0.2) is 0 Å². The second-order valence-corrected chi connectivity index (χ2v) is 4.73. The van der Waals surface area contributed by atoms with Gasteiger partial charge in [0.2, 0.25) is 0 Å². The summed E-state index contributed by atoms with van der Waals surface area (Å²) in [5.41, 5.74) is 0.849. The van der Waals surface area contributed by atoms with E-state index in [2.05, 4.69) is 5.10 Å². The molecule has 1 N–H and O–H groups in total. The van der Waals surface area contributed by atoms with Gasteiger partial charge in [0.25, 0.3) is 0 Å². The van der Waals surface area contributed by atoms with E-state index in [1.54, 1.807) is 18.7 Å². The maximum Gasteiger partial charge on any atom is 0.309 e. The zero-order valence-electron chi connectivity index (χ0n) is 10.0. The maximum absolute atomic E-state index is 11.2. The molecule has 0 aromatic carbocycles. The Morgan fingerprint density at radius 2 is 2.19 bits per heavy atom. The van der Waals surface area contributed by atoms with Crippen molar-refractivity contribution >= 4 is 17.6 Å². The van der Waals surface area contributed by atoms with Crippen molar-refractivity contribution in [1.82, 2.24) is 9.78 Å². The number of nitrogens with zero attached hydrogens (tertiary/aromatic N) is 2. The Morgan fingerprint density at radius 3 is 2.50 bits per heavy atom. The standard InChI is InChI=1S/C11H17ClN2O2/c1-5-11(3,10(15)16)6-8-7(2)13-14(4)9(8)12/h5-6H2,1-4H3,(H,15,16). The predicted molar refractivity (Wildman–Crippen MR) is 62.7 cm³/mol.